The molecule has 90 valence electrons. The highest BCUT2D eigenvalue weighted by Crippen LogP contribution is 2.17. The van der Waals surface area contributed by atoms with Gasteiger partial charge in [-0.25, -0.2) is 0 Å². The lowest BCUT2D eigenvalue weighted by atomic mass is 10.2. The van der Waals surface area contributed by atoms with Gasteiger partial charge >= 0.3 is 0 Å². The summed E-state index contributed by atoms with van der Waals surface area (Å²) in [5.74, 6) is 0. The lowest BCUT2D eigenvalue weighted by Crippen LogP contribution is -2.11. The van der Waals surface area contributed by atoms with E-state index < -0.39 is 0 Å². The molecular weight excluding hydrogens is 278 g/mol. The topological polar surface area (TPSA) is 29.9 Å². The van der Waals surface area contributed by atoms with E-state index in [0.717, 1.165) is 11.0 Å². The molecule has 1 aromatic heterocycles. The van der Waals surface area contributed by atoms with Crippen LogP contribution in [0.15, 0.2) is 41.1 Å². The molecule has 3 nitrogen and oxygen atoms in total. The van der Waals surface area contributed by atoms with E-state index >= 15 is 0 Å². The van der Waals surface area contributed by atoms with E-state index in [-0.39, 0.29) is 0 Å². The Hall–Kier alpha value is -1.13. The van der Waals surface area contributed by atoms with Gasteiger partial charge in [0.25, 0.3) is 0 Å². The predicted octanol–water partition coefficient (Wildman–Crippen LogP) is 2.97. The predicted molar refractivity (Wildman–Crippen MR) is 72.9 cm³/mol. The van der Waals surface area contributed by atoms with Crippen molar-refractivity contribution in [3.05, 3.63) is 52.3 Å². The highest BCUT2D eigenvalue weighted by molar-refractivity contribution is 9.10. The largest absolute Gasteiger partial charge is 0.313 e. The maximum absolute atomic E-state index is 4.38. The van der Waals surface area contributed by atoms with Crippen LogP contribution in [0.4, 0.5) is 0 Å². The number of nitrogens with zero attached hydrogens (tertiary/aromatic N) is 2. The Morgan fingerprint density at radius 1 is 1.41 bits per heavy atom. The first-order valence-electron chi connectivity index (χ1n) is 5.63. The minimum absolute atomic E-state index is 0.336. The summed E-state index contributed by atoms with van der Waals surface area (Å²) in [4.78, 5) is 0. The summed E-state index contributed by atoms with van der Waals surface area (Å²) in [7, 11) is 1.95. The van der Waals surface area contributed by atoms with Crippen molar-refractivity contribution in [2.45, 2.75) is 19.5 Å². The third-order valence-corrected chi connectivity index (χ3v) is 3.65. The van der Waals surface area contributed by atoms with Crippen molar-refractivity contribution < 1.29 is 0 Å². The van der Waals surface area contributed by atoms with Gasteiger partial charge in [0, 0.05) is 22.3 Å². The van der Waals surface area contributed by atoms with Crippen LogP contribution in [0.3, 0.4) is 0 Å². The average Bonchev–Trinajstić information content (AvgIpc) is 2.80. The molecule has 0 spiro atoms. The zero-order chi connectivity index (χ0) is 12.3. The zero-order valence-electron chi connectivity index (χ0n) is 10.0. The maximum atomic E-state index is 4.38. The van der Waals surface area contributed by atoms with Crippen LogP contribution in [0.5, 0.6) is 0 Å². The van der Waals surface area contributed by atoms with Crippen LogP contribution in [-0.2, 0) is 6.54 Å². The molecule has 2 aromatic rings. The standard InChI is InChI=1S/C13H16BrN3/c1-10(15-2)12-7-16-17(9-12)8-11-5-3-4-6-13(11)14/h3-7,9-10,15H,8H2,1-2H3. The molecule has 1 heterocycles. The molecule has 0 saturated carbocycles. The fraction of sp³-hybridized carbons (Fsp3) is 0.308. The van der Waals surface area contributed by atoms with Gasteiger partial charge in [-0.05, 0) is 25.6 Å². The van der Waals surface area contributed by atoms with Gasteiger partial charge in [0.2, 0.25) is 0 Å². The van der Waals surface area contributed by atoms with Crippen molar-refractivity contribution in [3.8, 4) is 0 Å². The molecule has 0 saturated heterocycles. The molecule has 0 amide bonds. The number of nitrogens with one attached hydrogen (secondary N) is 1. The quantitative estimate of drug-likeness (QED) is 0.939. The fourth-order valence-corrected chi connectivity index (χ4v) is 2.07. The van der Waals surface area contributed by atoms with Crippen LogP contribution < -0.4 is 5.32 Å². The fourth-order valence-electron chi connectivity index (χ4n) is 1.66. The second-order valence-corrected chi connectivity index (χ2v) is 4.93. The summed E-state index contributed by atoms with van der Waals surface area (Å²) in [6, 6.07) is 8.55. The first kappa shape index (κ1) is 12.3. The van der Waals surface area contributed by atoms with Crippen LogP contribution in [0.2, 0.25) is 0 Å². The Bertz CT molecular complexity index is 493. The van der Waals surface area contributed by atoms with E-state index in [0.29, 0.717) is 6.04 Å². The Morgan fingerprint density at radius 2 is 2.18 bits per heavy atom. The average molecular weight is 294 g/mol. The van der Waals surface area contributed by atoms with Crippen molar-refractivity contribution >= 4 is 15.9 Å². The van der Waals surface area contributed by atoms with Crippen molar-refractivity contribution in [2.75, 3.05) is 7.05 Å². The van der Waals surface area contributed by atoms with E-state index in [1.165, 1.54) is 11.1 Å². The smallest absolute Gasteiger partial charge is 0.0670 e. The Morgan fingerprint density at radius 3 is 2.88 bits per heavy atom. The van der Waals surface area contributed by atoms with Gasteiger partial charge in [0.1, 0.15) is 0 Å². The summed E-state index contributed by atoms with van der Waals surface area (Å²) >= 11 is 3.55. The van der Waals surface area contributed by atoms with Crippen molar-refractivity contribution in [1.82, 2.24) is 15.1 Å². The van der Waals surface area contributed by atoms with E-state index in [1.807, 2.05) is 30.1 Å². The SMILES string of the molecule is CNC(C)c1cnn(Cc2ccccc2Br)c1. The molecule has 0 fully saturated rings. The van der Waals surface area contributed by atoms with E-state index in [2.05, 4.69) is 51.6 Å². The molecule has 0 aliphatic rings. The molecule has 17 heavy (non-hydrogen) atoms. The normalized spacial score (nSPS) is 12.6. The number of halogens is 1. The summed E-state index contributed by atoms with van der Waals surface area (Å²) in [6.45, 7) is 2.91. The summed E-state index contributed by atoms with van der Waals surface area (Å²) < 4.78 is 3.09. The van der Waals surface area contributed by atoms with Crippen LogP contribution in [0, 0.1) is 0 Å². The van der Waals surface area contributed by atoms with Crippen LogP contribution in [0.25, 0.3) is 0 Å². The van der Waals surface area contributed by atoms with Gasteiger partial charge in [-0.3, -0.25) is 4.68 Å². The number of hydrogen-bond donors (Lipinski definition) is 1. The Balaban J connectivity index is 2.14. The summed E-state index contributed by atoms with van der Waals surface area (Å²) in [5.41, 5.74) is 2.44. The molecule has 1 unspecified atom stereocenters. The second-order valence-electron chi connectivity index (χ2n) is 4.07. The molecule has 2 rings (SSSR count). The monoisotopic (exact) mass is 293 g/mol. The molecular formula is C13H16BrN3. The van der Waals surface area contributed by atoms with Crippen LogP contribution >= 0.6 is 15.9 Å². The minimum Gasteiger partial charge on any atom is -0.313 e. The lowest BCUT2D eigenvalue weighted by molar-refractivity contribution is 0.646. The third kappa shape index (κ3) is 2.96. The Kier molecular flexibility index (Phi) is 3.97. The molecule has 1 atom stereocenters. The lowest BCUT2D eigenvalue weighted by Gasteiger charge is -2.06. The molecule has 1 aromatic carbocycles. The molecule has 0 aliphatic carbocycles. The Labute approximate surface area is 110 Å². The number of rotatable bonds is 4. The second kappa shape index (κ2) is 5.47. The van der Waals surface area contributed by atoms with E-state index in [9.17, 15) is 0 Å². The zero-order valence-corrected chi connectivity index (χ0v) is 11.6. The van der Waals surface area contributed by atoms with Crippen molar-refractivity contribution in [3.63, 3.8) is 0 Å². The summed E-state index contributed by atoms with van der Waals surface area (Å²) in [6.07, 6.45) is 4.00. The first-order chi connectivity index (χ1) is 8.20. The highest BCUT2D eigenvalue weighted by atomic mass is 79.9. The molecule has 0 bridgehead atoms. The third-order valence-electron chi connectivity index (χ3n) is 2.88. The number of hydrogen-bond acceptors (Lipinski definition) is 2. The van der Waals surface area contributed by atoms with Gasteiger partial charge in [-0.15, -0.1) is 0 Å². The highest BCUT2D eigenvalue weighted by Gasteiger charge is 2.06. The number of aromatic nitrogens is 2. The first-order valence-corrected chi connectivity index (χ1v) is 6.43. The van der Waals surface area contributed by atoms with E-state index in [4.69, 9.17) is 0 Å². The molecule has 4 heteroatoms. The van der Waals surface area contributed by atoms with Crippen molar-refractivity contribution in [1.29, 1.82) is 0 Å². The molecule has 1 N–H and O–H groups in total. The van der Waals surface area contributed by atoms with Crippen molar-refractivity contribution in [2.24, 2.45) is 0 Å². The maximum Gasteiger partial charge on any atom is 0.0670 e. The number of benzene rings is 1. The van der Waals surface area contributed by atoms with Gasteiger partial charge in [-0.2, -0.15) is 5.10 Å². The van der Waals surface area contributed by atoms with Crippen LogP contribution in [-0.4, -0.2) is 16.8 Å². The van der Waals surface area contributed by atoms with Gasteiger partial charge < -0.3 is 5.32 Å². The molecule has 0 aliphatic heterocycles. The molecule has 0 radical (unpaired) electrons. The van der Waals surface area contributed by atoms with E-state index in [1.54, 1.807) is 0 Å². The minimum atomic E-state index is 0.336. The van der Waals surface area contributed by atoms with Gasteiger partial charge in [0.15, 0.2) is 0 Å². The van der Waals surface area contributed by atoms with Gasteiger partial charge in [-0.1, -0.05) is 34.1 Å². The van der Waals surface area contributed by atoms with Gasteiger partial charge in [0.05, 0.1) is 12.7 Å². The van der Waals surface area contributed by atoms with Crippen LogP contribution in [0.1, 0.15) is 24.1 Å². The summed E-state index contributed by atoms with van der Waals surface area (Å²) in [5, 5.41) is 7.58.